The van der Waals surface area contributed by atoms with E-state index in [1.807, 2.05) is 32.0 Å². The smallest absolute Gasteiger partial charge is 0.240 e. The summed E-state index contributed by atoms with van der Waals surface area (Å²) < 4.78 is 32.7. The Kier molecular flexibility index (Phi) is 5.53. The summed E-state index contributed by atoms with van der Waals surface area (Å²) in [6.07, 6.45) is 1.91. The van der Waals surface area contributed by atoms with Gasteiger partial charge in [-0.1, -0.05) is 18.2 Å². The van der Waals surface area contributed by atoms with Crippen LogP contribution in [-0.2, 0) is 21.2 Å². The number of anilines is 1. The molecule has 1 amide bonds. The number of sulfonamides is 1. The van der Waals surface area contributed by atoms with Crippen LogP contribution in [0.1, 0.15) is 29.5 Å². The number of carbonyl (C=O) groups excluding carboxylic acids is 1. The highest BCUT2D eigenvalue weighted by Gasteiger charge is 2.28. The average Bonchev–Trinajstić information content (AvgIpc) is 3.41. The topological polar surface area (TPSA) is 84.5 Å². The molecule has 144 valence electrons. The number of carbonyl (C=O) groups is 1. The summed E-state index contributed by atoms with van der Waals surface area (Å²) in [5, 5.41) is 2.77. The molecule has 1 saturated carbocycles. The van der Waals surface area contributed by atoms with Crippen LogP contribution in [0, 0.1) is 13.8 Å². The van der Waals surface area contributed by atoms with Crippen LogP contribution >= 0.6 is 0 Å². The first kappa shape index (κ1) is 19.4. The minimum absolute atomic E-state index is 0.0138. The predicted octanol–water partition coefficient (Wildman–Crippen LogP) is 2.93. The molecule has 3 rings (SSSR count). The zero-order valence-electron chi connectivity index (χ0n) is 15.7. The molecule has 0 aliphatic heterocycles. The van der Waals surface area contributed by atoms with E-state index in [-0.39, 0.29) is 23.3 Å². The number of hydrogen-bond donors (Lipinski definition) is 2. The van der Waals surface area contributed by atoms with Crippen LogP contribution in [0.2, 0.25) is 0 Å². The first-order valence-electron chi connectivity index (χ1n) is 8.85. The van der Waals surface area contributed by atoms with Gasteiger partial charge in [-0.15, -0.1) is 0 Å². The maximum absolute atomic E-state index is 12.5. The first-order valence-corrected chi connectivity index (χ1v) is 10.3. The second kappa shape index (κ2) is 7.70. The zero-order valence-corrected chi connectivity index (χ0v) is 16.5. The van der Waals surface area contributed by atoms with E-state index in [1.54, 1.807) is 6.07 Å². The van der Waals surface area contributed by atoms with Crippen molar-refractivity contribution in [3.63, 3.8) is 0 Å². The summed E-state index contributed by atoms with van der Waals surface area (Å²) in [7, 11) is -2.13. The fourth-order valence-electron chi connectivity index (χ4n) is 2.73. The SMILES string of the molecule is COc1ccc(S(=O)(=O)NC2CC2)cc1NC(=O)Cc1ccc(C)c(C)c1. The third kappa shape index (κ3) is 4.87. The molecule has 1 aliphatic carbocycles. The van der Waals surface area contributed by atoms with Gasteiger partial charge in [-0.3, -0.25) is 4.79 Å². The summed E-state index contributed by atoms with van der Waals surface area (Å²) in [4.78, 5) is 12.6. The van der Waals surface area contributed by atoms with Crippen LogP contribution in [0.3, 0.4) is 0 Å². The lowest BCUT2D eigenvalue weighted by molar-refractivity contribution is -0.115. The second-order valence-electron chi connectivity index (χ2n) is 6.90. The lowest BCUT2D eigenvalue weighted by Crippen LogP contribution is -2.26. The van der Waals surface area contributed by atoms with E-state index in [2.05, 4.69) is 10.0 Å². The third-order valence-electron chi connectivity index (χ3n) is 4.59. The van der Waals surface area contributed by atoms with Crippen LogP contribution in [0.15, 0.2) is 41.3 Å². The van der Waals surface area contributed by atoms with Crippen LogP contribution < -0.4 is 14.8 Å². The Morgan fingerprint density at radius 2 is 1.85 bits per heavy atom. The number of aryl methyl sites for hydroxylation is 2. The van der Waals surface area contributed by atoms with Crippen LogP contribution in [0.25, 0.3) is 0 Å². The van der Waals surface area contributed by atoms with Gasteiger partial charge in [0.2, 0.25) is 15.9 Å². The van der Waals surface area contributed by atoms with Crippen LogP contribution in [0.4, 0.5) is 5.69 Å². The van der Waals surface area contributed by atoms with Crippen molar-refractivity contribution in [1.82, 2.24) is 4.72 Å². The highest BCUT2D eigenvalue weighted by Crippen LogP contribution is 2.29. The van der Waals surface area contributed by atoms with E-state index in [0.717, 1.165) is 24.0 Å². The summed E-state index contributed by atoms with van der Waals surface area (Å²) in [6, 6.07) is 10.3. The summed E-state index contributed by atoms with van der Waals surface area (Å²) in [5.41, 5.74) is 3.53. The first-order chi connectivity index (χ1) is 12.8. The van der Waals surface area contributed by atoms with Crippen molar-refractivity contribution in [2.24, 2.45) is 0 Å². The van der Waals surface area contributed by atoms with E-state index in [1.165, 1.54) is 24.8 Å². The summed E-state index contributed by atoms with van der Waals surface area (Å²) in [6.45, 7) is 4.02. The molecule has 6 nitrogen and oxygen atoms in total. The second-order valence-corrected chi connectivity index (χ2v) is 8.62. The van der Waals surface area contributed by atoms with Crippen molar-refractivity contribution in [2.75, 3.05) is 12.4 Å². The van der Waals surface area contributed by atoms with Gasteiger partial charge < -0.3 is 10.1 Å². The van der Waals surface area contributed by atoms with Gasteiger partial charge in [0.1, 0.15) is 5.75 Å². The minimum atomic E-state index is -3.61. The molecule has 7 heteroatoms. The molecule has 0 saturated heterocycles. The monoisotopic (exact) mass is 388 g/mol. The van der Waals surface area contributed by atoms with Gasteiger partial charge >= 0.3 is 0 Å². The zero-order chi connectivity index (χ0) is 19.6. The van der Waals surface area contributed by atoms with Gasteiger partial charge in [-0.2, -0.15) is 0 Å². The quantitative estimate of drug-likeness (QED) is 0.764. The van der Waals surface area contributed by atoms with E-state index in [4.69, 9.17) is 4.74 Å². The van der Waals surface area contributed by atoms with Crippen molar-refractivity contribution in [2.45, 2.75) is 44.0 Å². The minimum Gasteiger partial charge on any atom is -0.495 e. The molecule has 0 unspecified atom stereocenters. The molecule has 0 aromatic heterocycles. The number of rotatable bonds is 7. The van der Waals surface area contributed by atoms with Crippen LogP contribution in [0.5, 0.6) is 5.75 Å². The molecular formula is C20H24N2O4S. The number of methoxy groups -OCH3 is 1. The van der Waals surface area contributed by atoms with Crippen molar-refractivity contribution >= 4 is 21.6 Å². The number of benzene rings is 2. The van der Waals surface area contributed by atoms with Gasteiger partial charge in [0.05, 0.1) is 24.1 Å². The molecule has 0 atom stereocenters. The third-order valence-corrected chi connectivity index (χ3v) is 6.11. The Bertz CT molecular complexity index is 966. The molecule has 0 radical (unpaired) electrons. The Morgan fingerprint density at radius 1 is 1.11 bits per heavy atom. The van der Waals surface area contributed by atoms with Gasteiger partial charge in [0.15, 0.2) is 0 Å². The molecular weight excluding hydrogens is 364 g/mol. The molecule has 0 heterocycles. The summed E-state index contributed by atoms with van der Waals surface area (Å²) in [5.74, 6) is 0.176. The van der Waals surface area contributed by atoms with E-state index < -0.39 is 10.0 Å². The number of hydrogen-bond acceptors (Lipinski definition) is 4. The molecule has 1 aliphatic rings. The highest BCUT2D eigenvalue weighted by molar-refractivity contribution is 7.89. The van der Waals surface area contributed by atoms with Gasteiger partial charge in [-0.25, -0.2) is 13.1 Å². The number of amides is 1. The predicted molar refractivity (Wildman–Crippen MR) is 105 cm³/mol. The van der Waals surface area contributed by atoms with Gasteiger partial charge in [0.25, 0.3) is 0 Å². The van der Waals surface area contributed by atoms with Crippen molar-refractivity contribution in [3.8, 4) is 5.75 Å². The summed E-state index contributed by atoms with van der Waals surface area (Å²) >= 11 is 0. The van der Waals surface area contributed by atoms with Crippen molar-refractivity contribution in [1.29, 1.82) is 0 Å². The molecule has 1 fully saturated rings. The van der Waals surface area contributed by atoms with E-state index in [0.29, 0.717) is 11.4 Å². The van der Waals surface area contributed by atoms with Crippen molar-refractivity contribution < 1.29 is 17.9 Å². The lowest BCUT2D eigenvalue weighted by Gasteiger charge is -2.13. The normalized spacial score (nSPS) is 14.0. The maximum Gasteiger partial charge on any atom is 0.240 e. The van der Waals surface area contributed by atoms with E-state index in [9.17, 15) is 13.2 Å². The van der Waals surface area contributed by atoms with Crippen molar-refractivity contribution in [3.05, 3.63) is 53.1 Å². The molecule has 0 spiro atoms. The number of ether oxygens (including phenoxy) is 1. The maximum atomic E-state index is 12.5. The Balaban J connectivity index is 1.78. The largest absolute Gasteiger partial charge is 0.495 e. The Morgan fingerprint density at radius 3 is 2.48 bits per heavy atom. The Hall–Kier alpha value is -2.38. The van der Waals surface area contributed by atoms with Gasteiger partial charge in [-0.05, 0) is 61.6 Å². The van der Waals surface area contributed by atoms with Gasteiger partial charge in [0, 0.05) is 6.04 Å². The molecule has 27 heavy (non-hydrogen) atoms. The molecule has 0 bridgehead atoms. The molecule has 2 aromatic carbocycles. The fraction of sp³-hybridized carbons (Fsp3) is 0.350. The standard InChI is InChI=1S/C20H24N2O4S/c1-13-4-5-15(10-14(13)2)11-20(23)21-18-12-17(8-9-19(18)26-3)27(24,25)22-16-6-7-16/h4-5,8-10,12,16,22H,6-7,11H2,1-3H3,(H,21,23). The highest BCUT2D eigenvalue weighted by atomic mass is 32.2. The van der Waals surface area contributed by atoms with E-state index >= 15 is 0 Å². The number of nitrogens with one attached hydrogen (secondary N) is 2. The molecule has 2 aromatic rings. The Labute approximate surface area is 160 Å². The van der Waals surface area contributed by atoms with Crippen LogP contribution in [-0.4, -0.2) is 27.5 Å². The average molecular weight is 388 g/mol. The lowest BCUT2D eigenvalue weighted by atomic mass is 10.0. The molecule has 2 N–H and O–H groups in total. The fourth-order valence-corrected chi connectivity index (χ4v) is 4.06.